The maximum Gasteiger partial charge on any atom is 0.219 e. The number of rotatable bonds is 5. The predicted molar refractivity (Wildman–Crippen MR) is 117 cm³/mol. The Hall–Kier alpha value is -2.22. The van der Waals surface area contributed by atoms with Crippen molar-refractivity contribution < 1.29 is 17.5 Å². The molecule has 0 amide bonds. The van der Waals surface area contributed by atoms with Gasteiger partial charge in [-0.15, -0.1) is 11.3 Å². The van der Waals surface area contributed by atoms with Crippen LogP contribution in [-0.2, 0) is 29.1 Å². The molecule has 2 aromatic carbocycles. The molecular weight excluding hydrogens is 421 g/mol. The molecule has 4 rings (SSSR count). The van der Waals surface area contributed by atoms with Crippen molar-refractivity contribution in [3.63, 3.8) is 0 Å². The lowest BCUT2D eigenvalue weighted by atomic mass is 10.0. The number of hydrogen-bond donors (Lipinski definition) is 0. The number of likely N-dealkylation sites (N-methyl/N-ethyl adjacent to an activating group) is 1. The number of halogens is 1. The first-order valence-electron chi connectivity index (χ1n) is 9.83. The highest BCUT2D eigenvalue weighted by Gasteiger charge is 2.26. The predicted octanol–water partition coefficient (Wildman–Crippen LogP) is 4.35. The van der Waals surface area contributed by atoms with Gasteiger partial charge in [-0.3, -0.25) is 0 Å². The third-order valence-electron chi connectivity index (χ3n) is 5.49. The number of thiophene rings is 1. The van der Waals surface area contributed by atoms with Crippen molar-refractivity contribution in [1.29, 1.82) is 0 Å². The number of benzene rings is 2. The number of methoxy groups -OCH3 is 1. The van der Waals surface area contributed by atoms with Crippen molar-refractivity contribution in [1.82, 2.24) is 4.90 Å². The summed E-state index contributed by atoms with van der Waals surface area (Å²) < 4.78 is 45.8. The Morgan fingerprint density at radius 2 is 1.70 bits per heavy atom. The summed E-state index contributed by atoms with van der Waals surface area (Å²) >= 11 is 1.25. The molecule has 4 nitrogen and oxygen atoms in total. The van der Waals surface area contributed by atoms with Gasteiger partial charge in [0.1, 0.15) is 20.7 Å². The Morgan fingerprint density at radius 3 is 2.37 bits per heavy atom. The smallest absolute Gasteiger partial charge is 0.219 e. The molecule has 0 N–H and O–H groups in total. The second kappa shape index (κ2) is 8.49. The van der Waals surface area contributed by atoms with E-state index in [2.05, 4.69) is 11.9 Å². The first-order chi connectivity index (χ1) is 14.4. The van der Waals surface area contributed by atoms with Crippen molar-refractivity contribution in [3.8, 4) is 5.75 Å². The molecule has 0 saturated carbocycles. The minimum absolute atomic E-state index is 0.225. The first-order valence-corrected chi connectivity index (χ1v) is 12.1. The van der Waals surface area contributed by atoms with Crippen LogP contribution in [0, 0.1) is 5.82 Å². The second-order valence-electron chi connectivity index (χ2n) is 7.60. The maximum atomic E-state index is 13.4. The summed E-state index contributed by atoms with van der Waals surface area (Å²) in [6.45, 7) is 1.85. The molecule has 1 aliphatic rings. The number of sulfone groups is 1. The van der Waals surface area contributed by atoms with E-state index in [-0.39, 0.29) is 10.7 Å². The summed E-state index contributed by atoms with van der Waals surface area (Å²) in [6, 6.07) is 13.4. The van der Waals surface area contributed by atoms with Gasteiger partial charge in [0.05, 0.1) is 7.11 Å². The minimum Gasteiger partial charge on any atom is -0.495 e. The molecule has 0 aliphatic carbocycles. The van der Waals surface area contributed by atoms with Crippen LogP contribution in [0.3, 0.4) is 0 Å². The number of ether oxygens (including phenoxy) is 1. The van der Waals surface area contributed by atoms with Crippen molar-refractivity contribution in [2.24, 2.45) is 0 Å². The zero-order valence-electron chi connectivity index (χ0n) is 17.0. The lowest BCUT2D eigenvalue weighted by Gasteiger charge is -2.13. The molecule has 0 spiro atoms. The molecule has 0 radical (unpaired) electrons. The summed E-state index contributed by atoms with van der Waals surface area (Å²) in [7, 11) is -0.109. The summed E-state index contributed by atoms with van der Waals surface area (Å²) in [6.07, 6.45) is 2.26. The molecule has 0 fully saturated rings. The van der Waals surface area contributed by atoms with Crippen LogP contribution in [0.5, 0.6) is 5.75 Å². The highest BCUT2D eigenvalue weighted by molar-refractivity contribution is 7.93. The van der Waals surface area contributed by atoms with E-state index < -0.39 is 9.84 Å². The Balaban J connectivity index is 1.67. The van der Waals surface area contributed by atoms with Crippen LogP contribution in [0.1, 0.15) is 21.6 Å². The molecule has 1 aliphatic heterocycles. The Morgan fingerprint density at radius 1 is 1.03 bits per heavy atom. The van der Waals surface area contributed by atoms with Gasteiger partial charge in [-0.05, 0) is 73.0 Å². The van der Waals surface area contributed by atoms with Gasteiger partial charge in [0.15, 0.2) is 0 Å². The van der Waals surface area contributed by atoms with Gasteiger partial charge >= 0.3 is 0 Å². The lowest BCUT2D eigenvalue weighted by molar-refractivity contribution is 0.352. The van der Waals surface area contributed by atoms with E-state index in [1.165, 1.54) is 30.6 Å². The molecule has 7 heteroatoms. The Kier molecular flexibility index (Phi) is 5.95. The molecule has 0 saturated heterocycles. The van der Waals surface area contributed by atoms with Gasteiger partial charge in [-0.1, -0.05) is 12.1 Å². The SMILES string of the molecule is COc1cc2c(cc1S(=O)(=O)c1ccc(Cc3ccc(F)cc3)s1)CCN(C)CC2. The first kappa shape index (κ1) is 21.0. The van der Waals surface area contributed by atoms with E-state index in [0.29, 0.717) is 16.4 Å². The summed E-state index contributed by atoms with van der Waals surface area (Å²) in [5.41, 5.74) is 3.16. The number of hydrogen-bond acceptors (Lipinski definition) is 5. The van der Waals surface area contributed by atoms with Gasteiger partial charge in [-0.25, -0.2) is 12.8 Å². The largest absolute Gasteiger partial charge is 0.495 e. The normalized spacial score (nSPS) is 14.9. The monoisotopic (exact) mass is 445 g/mol. The van der Waals surface area contributed by atoms with Crippen LogP contribution in [0.4, 0.5) is 4.39 Å². The van der Waals surface area contributed by atoms with E-state index >= 15 is 0 Å². The molecular formula is C23H24FNO3S2. The molecule has 30 heavy (non-hydrogen) atoms. The molecule has 2 heterocycles. The molecule has 158 valence electrons. The highest BCUT2D eigenvalue weighted by Crippen LogP contribution is 2.36. The average molecular weight is 446 g/mol. The van der Waals surface area contributed by atoms with Crippen molar-refractivity contribution in [2.45, 2.75) is 28.4 Å². The fourth-order valence-electron chi connectivity index (χ4n) is 3.72. The molecule has 0 bridgehead atoms. The number of nitrogens with zero attached hydrogens (tertiary/aromatic N) is 1. The maximum absolute atomic E-state index is 13.4. The van der Waals surface area contributed by atoms with Gasteiger partial charge in [0.2, 0.25) is 9.84 Å². The van der Waals surface area contributed by atoms with Crippen LogP contribution in [0.2, 0.25) is 0 Å². The van der Waals surface area contributed by atoms with Gasteiger partial charge in [0.25, 0.3) is 0 Å². The third-order valence-corrected chi connectivity index (χ3v) is 8.85. The lowest BCUT2D eigenvalue weighted by Crippen LogP contribution is -2.20. The van der Waals surface area contributed by atoms with Crippen LogP contribution >= 0.6 is 11.3 Å². The molecule has 1 aromatic heterocycles. The topological polar surface area (TPSA) is 46.6 Å². The third kappa shape index (κ3) is 4.29. The van der Waals surface area contributed by atoms with E-state index in [1.807, 2.05) is 12.1 Å². The molecule has 0 unspecified atom stereocenters. The van der Waals surface area contributed by atoms with Crippen molar-refractivity contribution >= 4 is 21.2 Å². The van der Waals surface area contributed by atoms with Crippen LogP contribution in [0.15, 0.2) is 57.6 Å². The summed E-state index contributed by atoms with van der Waals surface area (Å²) in [5, 5.41) is 0. The van der Waals surface area contributed by atoms with E-state index in [9.17, 15) is 12.8 Å². The van der Waals surface area contributed by atoms with E-state index in [4.69, 9.17) is 4.74 Å². The molecule has 0 atom stereocenters. The standard InChI is InChI=1S/C23H24FNO3S2/c1-25-11-9-17-14-21(28-2)22(15-18(17)10-12-25)30(26,27)23-8-7-20(29-23)13-16-3-5-19(24)6-4-16/h3-8,14-15H,9-13H2,1-2H3. The van der Waals surface area contributed by atoms with Crippen LogP contribution in [-0.4, -0.2) is 40.6 Å². The Labute approximate surface area is 180 Å². The zero-order chi connectivity index (χ0) is 21.3. The van der Waals surface area contributed by atoms with Gasteiger partial charge < -0.3 is 9.64 Å². The zero-order valence-corrected chi connectivity index (χ0v) is 18.7. The van der Waals surface area contributed by atoms with Crippen LogP contribution in [0.25, 0.3) is 0 Å². The van der Waals surface area contributed by atoms with E-state index in [0.717, 1.165) is 47.5 Å². The summed E-state index contributed by atoms with van der Waals surface area (Å²) in [5.74, 6) is 0.112. The highest BCUT2D eigenvalue weighted by atomic mass is 32.2. The van der Waals surface area contributed by atoms with Crippen molar-refractivity contribution in [3.05, 3.63) is 75.9 Å². The fraction of sp³-hybridized carbons (Fsp3) is 0.304. The van der Waals surface area contributed by atoms with Gasteiger partial charge in [-0.2, -0.15) is 0 Å². The van der Waals surface area contributed by atoms with E-state index in [1.54, 1.807) is 24.3 Å². The quantitative estimate of drug-likeness (QED) is 0.586. The minimum atomic E-state index is -3.70. The molecule has 3 aromatic rings. The Bertz CT molecular complexity index is 1150. The summed E-state index contributed by atoms with van der Waals surface area (Å²) in [4.78, 5) is 3.39. The van der Waals surface area contributed by atoms with Crippen LogP contribution < -0.4 is 4.74 Å². The second-order valence-corrected chi connectivity index (χ2v) is 10.9. The number of fused-ring (bicyclic) bond motifs is 1. The van der Waals surface area contributed by atoms with Crippen molar-refractivity contribution in [2.75, 3.05) is 27.2 Å². The fourth-order valence-corrected chi connectivity index (χ4v) is 6.69. The average Bonchev–Trinajstić information content (AvgIpc) is 3.13. The van der Waals surface area contributed by atoms with Gasteiger partial charge in [0, 0.05) is 24.4 Å².